The Bertz CT molecular complexity index is 1020. The van der Waals surface area contributed by atoms with Crippen LogP contribution in [0.1, 0.15) is 17.5 Å². The first-order valence-corrected chi connectivity index (χ1v) is 10.4. The molecule has 6 nitrogen and oxygen atoms in total. The summed E-state index contributed by atoms with van der Waals surface area (Å²) < 4.78 is 5.48. The molecular formula is C24H24ClN3O3. The minimum Gasteiger partial charge on any atom is -0.496 e. The van der Waals surface area contributed by atoms with Gasteiger partial charge < -0.3 is 14.5 Å². The first kappa shape index (κ1) is 22.4. The van der Waals surface area contributed by atoms with E-state index in [1.807, 2.05) is 18.2 Å². The molecule has 0 spiro atoms. The maximum atomic E-state index is 12.7. The molecule has 0 unspecified atom stereocenters. The lowest BCUT2D eigenvalue weighted by atomic mass is 9.99. The maximum Gasteiger partial charge on any atom is 0.246 e. The first-order chi connectivity index (χ1) is 15.0. The van der Waals surface area contributed by atoms with Crippen molar-refractivity contribution in [3.8, 4) is 22.9 Å². The van der Waals surface area contributed by atoms with Crippen molar-refractivity contribution in [3.63, 3.8) is 0 Å². The summed E-state index contributed by atoms with van der Waals surface area (Å²) >= 11 is 6.46. The molecule has 2 aromatic carbocycles. The van der Waals surface area contributed by atoms with Crippen LogP contribution in [0.2, 0.25) is 5.02 Å². The highest BCUT2D eigenvalue weighted by Gasteiger charge is 2.23. The molecule has 1 aliphatic rings. The summed E-state index contributed by atoms with van der Waals surface area (Å²) in [5, 5.41) is 9.54. The second kappa shape index (κ2) is 10.1. The Labute approximate surface area is 187 Å². The number of amides is 2. The summed E-state index contributed by atoms with van der Waals surface area (Å²) in [6.45, 7) is 5.58. The number of carbonyl (C=O) groups is 2. The highest BCUT2D eigenvalue weighted by molar-refractivity contribution is 6.33. The zero-order valence-corrected chi connectivity index (χ0v) is 18.2. The molecule has 0 atom stereocenters. The zero-order chi connectivity index (χ0) is 22.4. The lowest BCUT2D eigenvalue weighted by Gasteiger charge is -2.34. The van der Waals surface area contributed by atoms with Crippen molar-refractivity contribution >= 4 is 23.4 Å². The Morgan fingerprint density at radius 1 is 1.16 bits per heavy atom. The molecule has 1 heterocycles. The van der Waals surface area contributed by atoms with Crippen LogP contribution in [0.5, 0.6) is 5.75 Å². The fraction of sp³-hybridized carbons (Fsp3) is 0.292. The molecule has 7 heteroatoms. The van der Waals surface area contributed by atoms with Crippen LogP contribution in [0.15, 0.2) is 49.1 Å². The van der Waals surface area contributed by atoms with Gasteiger partial charge in [0.15, 0.2) is 0 Å². The number of carbonyl (C=O) groups excluding carboxylic acids is 2. The molecule has 2 aromatic rings. The van der Waals surface area contributed by atoms with Gasteiger partial charge in [0.05, 0.1) is 23.8 Å². The van der Waals surface area contributed by atoms with Crippen molar-refractivity contribution < 1.29 is 14.3 Å². The average molecular weight is 438 g/mol. The van der Waals surface area contributed by atoms with Crippen LogP contribution in [0.3, 0.4) is 0 Å². The van der Waals surface area contributed by atoms with Gasteiger partial charge in [-0.15, -0.1) is 0 Å². The van der Waals surface area contributed by atoms with Crippen LogP contribution < -0.4 is 4.74 Å². The molecule has 0 N–H and O–H groups in total. The Hall–Kier alpha value is -3.30. The van der Waals surface area contributed by atoms with E-state index in [1.54, 1.807) is 35.1 Å². The predicted octanol–water partition coefficient (Wildman–Crippen LogP) is 3.68. The number of piperazine rings is 1. The van der Waals surface area contributed by atoms with Crippen LogP contribution in [-0.4, -0.2) is 54.9 Å². The minimum absolute atomic E-state index is 0.0441. The second-order valence-electron chi connectivity index (χ2n) is 7.24. The predicted molar refractivity (Wildman–Crippen MR) is 120 cm³/mol. The highest BCUT2D eigenvalue weighted by Crippen LogP contribution is 2.35. The quantitative estimate of drug-likeness (QED) is 0.646. The summed E-state index contributed by atoms with van der Waals surface area (Å²) in [6.07, 6.45) is 2.14. The van der Waals surface area contributed by atoms with E-state index in [0.717, 1.165) is 16.7 Å². The lowest BCUT2D eigenvalue weighted by molar-refractivity contribution is -0.137. The number of aryl methyl sites for hydroxylation is 1. The molecule has 0 aliphatic carbocycles. The van der Waals surface area contributed by atoms with Crippen LogP contribution in [-0.2, 0) is 16.0 Å². The monoisotopic (exact) mass is 437 g/mol. The molecule has 31 heavy (non-hydrogen) atoms. The topological polar surface area (TPSA) is 73.6 Å². The third-order valence-corrected chi connectivity index (χ3v) is 5.73. The van der Waals surface area contributed by atoms with Gasteiger partial charge in [0.25, 0.3) is 0 Å². The Balaban J connectivity index is 1.70. The number of benzene rings is 2. The van der Waals surface area contributed by atoms with E-state index in [2.05, 4.69) is 12.6 Å². The van der Waals surface area contributed by atoms with Gasteiger partial charge in [-0.3, -0.25) is 9.59 Å². The standard InChI is InChI=1S/C24H24ClN3O3/c1-3-23(29)27-10-12-28(13-11-27)24(30)9-8-19-14-20(21(25)15-22(19)31-2)18-6-4-17(16-26)5-7-18/h3-7,14-15H,1,8-13H2,2H3. The number of methoxy groups -OCH3 is 1. The molecule has 1 saturated heterocycles. The van der Waals surface area contributed by atoms with Gasteiger partial charge in [-0.2, -0.15) is 5.26 Å². The number of ether oxygens (including phenoxy) is 1. The van der Waals surface area contributed by atoms with Crippen molar-refractivity contribution in [1.29, 1.82) is 5.26 Å². The summed E-state index contributed by atoms with van der Waals surface area (Å²) in [5.41, 5.74) is 3.18. The van der Waals surface area contributed by atoms with Gasteiger partial charge in [-0.25, -0.2) is 0 Å². The van der Waals surface area contributed by atoms with Gasteiger partial charge in [0.2, 0.25) is 11.8 Å². The Kier molecular flexibility index (Phi) is 7.32. The van der Waals surface area contributed by atoms with Crippen molar-refractivity contribution in [2.75, 3.05) is 33.3 Å². The Morgan fingerprint density at radius 2 is 1.81 bits per heavy atom. The zero-order valence-electron chi connectivity index (χ0n) is 17.4. The van der Waals surface area contributed by atoms with Gasteiger partial charge >= 0.3 is 0 Å². The number of nitriles is 1. The number of rotatable bonds is 6. The molecule has 0 aromatic heterocycles. The number of halogens is 1. The van der Waals surface area contributed by atoms with Crippen LogP contribution in [0.25, 0.3) is 11.1 Å². The fourth-order valence-electron chi connectivity index (χ4n) is 3.64. The van der Waals surface area contributed by atoms with Crippen molar-refractivity contribution in [2.45, 2.75) is 12.8 Å². The van der Waals surface area contributed by atoms with Crippen LogP contribution >= 0.6 is 11.6 Å². The smallest absolute Gasteiger partial charge is 0.246 e. The van der Waals surface area contributed by atoms with E-state index in [0.29, 0.717) is 55.4 Å². The van der Waals surface area contributed by atoms with Gasteiger partial charge in [0.1, 0.15) is 5.75 Å². The van der Waals surface area contributed by atoms with E-state index in [4.69, 9.17) is 21.6 Å². The first-order valence-electron chi connectivity index (χ1n) is 10.0. The largest absolute Gasteiger partial charge is 0.496 e. The third kappa shape index (κ3) is 5.25. The van der Waals surface area contributed by atoms with Crippen molar-refractivity contribution in [2.24, 2.45) is 0 Å². The molecular weight excluding hydrogens is 414 g/mol. The van der Waals surface area contributed by atoms with E-state index in [-0.39, 0.29) is 11.8 Å². The van der Waals surface area contributed by atoms with Gasteiger partial charge in [0, 0.05) is 38.2 Å². The SMILES string of the molecule is C=CC(=O)N1CCN(C(=O)CCc2cc(-c3ccc(C#N)cc3)c(Cl)cc2OC)CC1. The molecule has 160 valence electrons. The maximum absolute atomic E-state index is 12.7. The highest BCUT2D eigenvalue weighted by atomic mass is 35.5. The van der Waals surface area contributed by atoms with E-state index in [1.165, 1.54) is 6.08 Å². The summed E-state index contributed by atoms with van der Waals surface area (Å²) in [7, 11) is 1.58. The molecule has 0 radical (unpaired) electrons. The molecule has 3 rings (SSSR count). The fourth-order valence-corrected chi connectivity index (χ4v) is 3.90. The lowest BCUT2D eigenvalue weighted by Crippen LogP contribution is -2.50. The van der Waals surface area contributed by atoms with Gasteiger partial charge in [-0.1, -0.05) is 30.3 Å². The Morgan fingerprint density at radius 3 is 2.39 bits per heavy atom. The van der Waals surface area contributed by atoms with E-state index < -0.39 is 0 Å². The van der Waals surface area contributed by atoms with E-state index in [9.17, 15) is 9.59 Å². The number of hydrogen-bond acceptors (Lipinski definition) is 4. The van der Waals surface area contributed by atoms with Crippen molar-refractivity contribution in [1.82, 2.24) is 9.80 Å². The molecule has 2 amide bonds. The van der Waals surface area contributed by atoms with Crippen molar-refractivity contribution in [3.05, 3.63) is 65.2 Å². The normalized spacial score (nSPS) is 13.5. The molecule has 1 fully saturated rings. The number of nitrogens with zero attached hydrogens (tertiary/aromatic N) is 3. The van der Waals surface area contributed by atoms with E-state index >= 15 is 0 Å². The summed E-state index contributed by atoms with van der Waals surface area (Å²) in [5.74, 6) is 0.576. The second-order valence-corrected chi connectivity index (χ2v) is 7.65. The minimum atomic E-state index is -0.103. The molecule has 0 saturated carbocycles. The molecule has 0 bridgehead atoms. The molecule has 1 aliphatic heterocycles. The summed E-state index contributed by atoms with van der Waals surface area (Å²) in [4.78, 5) is 27.9. The number of hydrogen-bond donors (Lipinski definition) is 0. The summed E-state index contributed by atoms with van der Waals surface area (Å²) in [6, 6.07) is 13.0. The van der Waals surface area contributed by atoms with Crippen LogP contribution in [0, 0.1) is 11.3 Å². The van der Waals surface area contributed by atoms with Crippen LogP contribution in [0.4, 0.5) is 0 Å². The van der Waals surface area contributed by atoms with Gasteiger partial charge in [-0.05, 0) is 47.9 Å². The average Bonchev–Trinajstić information content (AvgIpc) is 2.82. The third-order valence-electron chi connectivity index (χ3n) is 5.42.